The molecule has 27 heavy (non-hydrogen) atoms. The van der Waals surface area contributed by atoms with Gasteiger partial charge in [0.25, 0.3) is 0 Å². The Morgan fingerprint density at radius 2 is 2.19 bits per heavy atom. The van der Waals surface area contributed by atoms with Crippen molar-refractivity contribution in [3.8, 4) is 0 Å². The minimum Gasteiger partial charge on any atom is -0.377 e. The Labute approximate surface area is 160 Å². The number of pyridine rings is 1. The number of ether oxygens (including phenoxy) is 2. The molecule has 5 heteroatoms. The van der Waals surface area contributed by atoms with Gasteiger partial charge < -0.3 is 9.47 Å². The molecule has 2 aliphatic rings. The lowest BCUT2D eigenvalue weighted by Gasteiger charge is -2.47. The van der Waals surface area contributed by atoms with Crippen molar-refractivity contribution in [2.75, 3.05) is 26.3 Å². The molecule has 0 N–H and O–H groups in total. The highest BCUT2D eigenvalue weighted by Crippen LogP contribution is 2.39. The Balaban J connectivity index is 1.15. The molecule has 4 nitrogen and oxygen atoms in total. The predicted octanol–water partition coefficient (Wildman–Crippen LogP) is 3.73. The molecule has 4 rings (SSSR count). The maximum atomic E-state index is 13.2. The minimum atomic E-state index is -0.211. The molecule has 1 unspecified atom stereocenters. The first-order chi connectivity index (χ1) is 13.1. The number of nitrogens with zero attached hydrogens (tertiary/aromatic N) is 2. The topological polar surface area (TPSA) is 34.6 Å². The molecule has 2 aromatic rings. The number of aryl methyl sites for hydroxylation is 1. The number of aromatic nitrogens is 1. The van der Waals surface area contributed by atoms with Gasteiger partial charge in [-0.25, -0.2) is 4.39 Å². The molecule has 1 spiro atoms. The molecular weight excluding hydrogens is 343 g/mol. The van der Waals surface area contributed by atoms with Crippen molar-refractivity contribution in [3.05, 3.63) is 65.2 Å². The molecule has 1 atom stereocenters. The third kappa shape index (κ3) is 4.72. The van der Waals surface area contributed by atoms with Crippen LogP contribution in [0.5, 0.6) is 0 Å². The van der Waals surface area contributed by atoms with Crippen LogP contribution in [0.1, 0.15) is 29.7 Å². The summed E-state index contributed by atoms with van der Waals surface area (Å²) >= 11 is 0. The van der Waals surface area contributed by atoms with E-state index in [-0.39, 0.29) is 11.4 Å². The lowest BCUT2D eigenvalue weighted by molar-refractivity contribution is -0.114. The van der Waals surface area contributed by atoms with Crippen molar-refractivity contribution in [1.29, 1.82) is 0 Å². The minimum absolute atomic E-state index is 0.0396. The van der Waals surface area contributed by atoms with E-state index in [1.165, 1.54) is 17.7 Å². The molecule has 144 valence electrons. The second kappa shape index (κ2) is 8.05. The number of halogens is 1. The first-order valence-electron chi connectivity index (χ1n) is 9.70. The number of hydrogen-bond donors (Lipinski definition) is 0. The Bertz CT molecular complexity index is 759. The van der Waals surface area contributed by atoms with E-state index < -0.39 is 0 Å². The molecule has 0 bridgehead atoms. The maximum Gasteiger partial charge on any atom is 0.123 e. The van der Waals surface area contributed by atoms with Crippen LogP contribution in [0.4, 0.5) is 4.39 Å². The standard InChI is InChI=1S/C22H27FN2O2/c1-17-5-6-21(24-11-17)12-25-15-22(16-25)10-19(14-27-22)7-8-26-13-18-3-2-4-20(23)9-18/h2-6,9,11,19H,7-8,10,12-16H2,1H3. The maximum absolute atomic E-state index is 13.2. The highest BCUT2D eigenvalue weighted by Gasteiger charge is 2.49. The quantitative estimate of drug-likeness (QED) is 0.696. The predicted molar refractivity (Wildman–Crippen MR) is 102 cm³/mol. The molecule has 0 amide bonds. The van der Waals surface area contributed by atoms with Crippen LogP contribution >= 0.6 is 0 Å². The van der Waals surface area contributed by atoms with E-state index in [9.17, 15) is 4.39 Å². The molecule has 3 heterocycles. The fraction of sp³-hybridized carbons (Fsp3) is 0.500. The summed E-state index contributed by atoms with van der Waals surface area (Å²) in [7, 11) is 0. The molecule has 0 radical (unpaired) electrons. The van der Waals surface area contributed by atoms with E-state index in [0.29, 0.717) is 19.1 Å². The van der Waals surface area contributed by atoms with E-state index in [0.717, 1.165) is 50.3 Å². The van der Waals surface area contributed by atoms with Gasteiger partial charge >= 0.3 is 0 Å². The van der Waals surface area contributed by atoms with E-state index >= 15 is 0 Å². The van der Waals surface area contributed by atoms with E-state index in [2.05, 4.69) is 28.9 Å². The van der Waals surface area contributed by atoms with Gasteiger partial charge in [0.2, 0.25) is 0 Å². The zero-order chi connectivity index (χ0) is 18.7. The Kier molecular flexibility index (Phi) is 5.53. The average Bonchev–Trinajstić information content (AvgIpc) is 3.05. The zero-order valence-electron chi connectivity index (χ0n) is 15.9. The van der Waals surface area contributed by atoms with E-state index in [4.69, 9.17) is 9.47 Å². The molecule has 1 aromatic heterocycles. The fourth-order valence-electron chi connectivity index (χ4n) is 4.11. The lowest BCUT2D eigenvalue weighted by Crippen LogP contribution is -2.60. The van der Waals surface area contributed by atoms with E-state index in [1.54, 1.807) is 6.07 Å². The van der Waals surface area contributed by atoms with Crippen LogP contribution in [0.3, 0.4) is 0 Å². The normalized spacial score (nSPS) is 21.5. The highest BCUT2D eigenvalue weighted by molar-refractivity contribution is 5.15. The molecule has 2 fully saturated rings. The zero-order valence-corrected chi connectivity index (χ0v) is 15.9. The van der Waals surface area contributed by atoms with Crippen molar-refractivity contribution in [3.63, 3.8) is 0 Å². The van der Waals surface area contributed by atoms with Crippen molar-refractivity contribution >= 4 is 0 Å². The first-order valence-corrected chi connectivity index (χ1v) is 9.70. The van der Waals surface area contributed by atoms with Crippen LogP contribution in [0.2, 0.25) is 0 Å². The summed E-state index contributed by atoms with van der Waals surface area (Å²) < 4.78 is 25.0. The van der Waals surface area contributed by atoms with Gasteiger partial charge in [-0.3, -0.25) is 9.88 Å². The summed E-state index contributed by atoms with van der Waals surface area (Å²) in [6, 6.07) is 10.8. The van der Waals surface area contributed by atoms with Gasteiger partial charge in [-0.2, -0.15) is 0 Å². The van der Waals surface area contributed by atoms with Gasteiger partial charge in [0, 0.05) is 32.4 Å². The molecule has 1 aromatic carbocycles. The average molecular weight is 370 g/mol. The third-order valence-corrected chi connectivity index (χ3v) is 5.50. The van der Waals surface area contributed by atoms with Gasteiger partial charge in [0.15, 0.2) is 0 Å². The molecule has 0 aliphatic carbocycles. The van der Waals surface area contributed by atoms with Gasteiger partial charge in [-0.05, 0) is 55.0 Å². The van der Waals surface area contributed by atoms with Crippen LogP contribution in [0.15, 0.2) is 42.6 Å². The van der Waals surface area contributed by atoms with Crippen molar-refractivity contribution < 1.29 is 13.9 Å². The number of benzene rings is 1. The van der Waals surface area contributed by atoms with E-state index in [1.807, 2.05) is 12.3 Å². The Morgan fingerprint density at radius 1 is 1.30 bits per heavy atom. The van der Waals surface area contributed by atoms with Crippen molar-refractivity contribution in [2.45, 2.75) is 38.5 Å². The van der Waals surface area contributed by atoms with Gasteiger partial charge in [0.1, 0.15) is 5.82 Å². The van der Waals surface area contributed by atoms with Crippen molar-refractivity contribution in [2.24, 2.45) is 5.92 Å². The summed E-state index contributed by atoms with van der Waals surface area (Å²) in [6.45, 7) is 6.91. The SMILES string of the molecule is Cc1ccc(CN2CC3(CC(CCOCc4cccc(F)c4)CO3)C2)nc1. The van der Waals surface area contributed by atoms with Gasteiger partial charge in [-0.1, -0.05) is 18.2 Å². The van der Waals surface area contributed by atoms with Crippen LogP contribution in [-0.4, -0.2) is 41.8 Å². The smallest absolute Gasteiger partial charge is 0.123 e. The first kappa shape index (κ1) is 18.5. The van der Waals surface area contributed by atoms with Gasteiger partial charge in [-0.15, -0.1) is 0 Å². The number of hydrogen-bond acceptors (Lipinski definition) is 4. The van der Waals surface area contributed by atoms with Gasteiger partial charge in [0.05, 0.1) is 24.5 Å². The summed E-state index contributed by atoms with van der Waals surface area (Å²) in [6.07, 6.45) is 4.03. The Morgan fingerprint density at radius 3 is 2.96 bits per heavy atom. The van der Waals surface area contributed by atoms with Crippen LogP contribution in [0.25, 0.3) is 0 Å². The molecule has 2 saturated heterocycles. The van der Waals surface area contributed by atoms with Crippen LogP contribution in [-0.2, 0) is 22.6 Å². The second-order valence-corrected chi connectivity index (χ2v) is 8.01. The summed E-state index contributed by atoms with van der Waals surface area (Å²) in [4.78, 5) is 6.89. The number of likely N-dealkylation sites (tertiary alicyclic amines) is 1. The fourth-order valence-corrected chi connectivity index (χ4v) is 4.11. The summed E-state index contributed by atoms with van der Waals surface area (Å²) in [5.74, 6) is 0.342. The molecule has 0 saturated carbocycles. The molecular formula is C22H27FN2O2. The Hall–Kier alpha value is -1.82. The second-order valence-electron chi connectivity index (χ2n) is 8.01. The largest absolute Gasteiger partial charge is 0.377 e. The van der Waals surface area contributed by atoms with Crippen LogP contribution in [0, 0.1) is 18.7 Å². The summed E-state index contributed by atoms with van der Waals surface area (Å²) in [5, 5.41) is 0. The summed E-state index contributed by atoms with van der Waals surface area (Å²) in [5.41, 5.74) is 3.24. The molecule has 2 aliphatic heterocycles. The van der Waals surface area contributed by atoms with Crippen LogP contribution < -0.4 is 0 Å². The highest BCUT2D eigenvalue weighted by atomic mass is 19.1. The van der Waals surface area contributed by atoms with Crippen molar-refractivity contribution in [1.82, 2.24) is 9.88 Å². The monoisotopic (exact) mass is 370 g/mol. The lowest BCUT2D eigenvalue weighted by atomic mass is 9.86. The number of rotatable bonds is 7. The third-order valence-electron chi connectivity index (χ3n) is 5.50.